The van der Waals surface area contributed by atoms with Crippen molar-refractivity contribution in [3.05, 3.63) is 104 Å². The molecule has 5 atom stereocenters. The van der Waals surface area contributed by atoms with Gasteiger partial charge in [-0.25, -0.2) is 4.79 Å². The fourth-order valence-electron chi connectivity index (χ4n) is 5.61. The molecule has 35 heavy (non-hydrogen) atoms. The smallest absolute Gasteiger partial charge is 0.330 e. The summed E-state index contributed by atoms with van der Waals surface area (Å²) in [6.07, 6.45) is 0.608. The zero-order chi connectivity index (χ0) is 24.2. The lowest BCUT2D eigenvalue weighted by Crippen LogP contribution is -2.47. The molecule has 0 radical (unpaired) electrons. The summed E-state index contributed by atoms with van der Waals surface area (Å²) >= 11 is 0. The molecule has 9 heteroatoms. The molecule has 0 spiro atoms. The molecule has 180 valence electrons. The Kier molecular flexibility index (Phi) is 5.03. The Balaban J connectivity index is 1.34. The van der Waals surface area contributed by atoms with E-state index in [9.17, 15) is 14.4 Å². The Morgan fingerprint density at radius 1 is 0.971 bits per heavy atom. The van der Waals surface area contributed by atoms with Crippen LogP contribution in [-0.2, 0) is 32.2 Å². The van der Waals surface area contributed by atoms with Gasteiger partial charge in [-0.2, -0.15) is 0 Å². The Labute approximate surface area is 200 Å². The van der Waals surface area contributed by atoms with Gasteiger partial charge in [-0.05, 0) is 18.1 Å². The summed E-state index contributed by atoms with van der Waals surface area (Å²) in [7, 11) is 0. The van der Waals surface area contributed by atoms with E-state index in [2.05, 4.69) is 10.3 Å². The molecule has 1 aromatic heterocycles. The minimum Gasteiger partial charge on any atom is -0.374 e. The third-order valence-electron chi connectivity index (χ3n) is 7.28. The highest BCUT2D eigenvalue weighted by molar-refractivity contribution is 5.92. The number of piperidine rings is 1. The Hall–Kier alpha value is -3.53. The third kappa shape index (κ3) is 3.23. The Morgan fingerprint density at radius 2 is 1.63 bits per heavy atom. The number of H-pyrrole nitrogens is 1. The zero-order valence-electron chi connectivity index (χ0n) is 19.1. The van der Waals surface area contributed by atoms with E-state index in [1.807, 2.05) is 60.7 Å². The van der Waals surface area contributed by atoms with Gasteiger partial charge >= 0.3 is 5.69 Å². The molecule has 1 amide bonds. The van der Waals surface area contributed by atoms with Gasteiger partial charge in [-0.1, -0.05) is 60.7 Å². The lowest BCUT2D eigenvalue weighted by molar-refractivity contribution is -0.125. The Morgan fingerprint density at radius 3 is 2.31 bits per heavy atom. The molecule has 0 bridgehead atoms. The average Bonchev–Trinajstić information content (AvgIpc) is 3.22. The van der Waals surface area contributed by atoms with E-state index in [0.717, 1.165) is 11.1 Å². The van der Waals surface area contributed by atoms with Crippen LogP contribution < -0.4 is 16.6 Å². The fraction of sp³-hybridized carbons (Fsp3) is 0.346. The minimum absolute atomic E-state index is 0.124. The van der Waals surface area contributed by atoms with Gasteiger partial charge in [0.2, 0.25) is 5.91 Å². The number of nitrogens with one attached hydrogen (secondary N) is 2. The lowest BCUT2D eigenvalue weighted by Gasteiger charge is -2.24. The molecule has 1 aliphatic carbocycles. The normalized spacial score (nSPS) is 30.2. The molecule has 2 aliphatic heterocycles. The molecule has 1 saturated carbocycles. The first-order valence-electron chi connectivity index (χ1n) is 11.6. The number of ether oxygens (including phenoxy) is 3. The Bertz CT molecular complexity index is 1390. The highest BCUT2D eigenvalue weighted by Gasteiger charge is 2.94. The van der Waals surface area contributed by atoms with Crippen molar-refractivity contribution in [2.75, 3.05) is 6.61 Å². The minimum atomic E-state index is -1.04. The van der Waals surface area contributed by atoms with Gasteiger partial charge in [0.1, 0.15) is 23.2 Å². The molecule has 2 aromatic carbocycles. The van der Waals surface area contributed by atoms with E-state index in [1.54, 1.807) is 6.92 Å². The van der Waals surface area contributed by atoms with E-state index in [1.165, 1.54) is 10.8 Å². The summed E-state index contributed by atoms with van der Waals surface area (Å²) in [6, 6.07) is 18.8. The van der Waals surface area contributed by atoms with Crippen LogP contribution in [0.4, 0.5) is 0 Å². The number of aryl methyl sites for hydroxylation is 1. The molecule has 2 saturated heterocycles. The number of aromatic nitrogens is 2. The predicted octanol–water partition coefficient (Wildman–Crippen LogP) is 1.41. The largest absolute Gasteiger partial charge is 0.374 e. The maximum absolute atomic E-state index is 13.0. The maximum Gasteiger partial charge on any atom is 0.330 e. The number of carbonyl (C=O) groups is 1. The second-order valence-corrected chi connectivity index (χ2v) is 9.34. The molecule has 3 heterocycles. The SMILES string of the molecule is Cc1cn([C@@H]2O[C@@]3(COCc4ccccc4)C4C(=O)NC2C43OCc2ccccc2)c(=O)[nH]c1=O. The molecule has 3 fully saturated rings. The van der Waals surface area contributed by atoms with E-state index in [0.29, 0.717) is 12.2 Å². The summed E-state index contributed by atoms with van der Waals surface area (Å²) in [6.45, 7) is 2.36. The van der Waals surface area contributed by atoms with Gasteiger partial charge in [0.05, 0.1) is 19.8 Å². The van der Waals surface area contributed by atoms with Gasteiger partial charge in [-0.3, -0.25) is 19.1 Å². The van der Waals surface area contributed by atoms with E-state index >= 15 is 0 Å². The number of rotatable bonds is 8. The van der Waals surface area contributed by atoms with Crippen LogP contribution in [0.15, 0.2) is 76.4 Å². The number of carbonyl (C=O) groups excluding carboxylic acids is 1. The number of nitrogens with zero attached hydrogens (tertiary/aromatic N) is 1. The molecule has 9 nitrogen and oxygen atoms in total. The van der Waals surface area contributed by atoms with Gasteiger partial charge < -0.3 is 19.5 Å². The van der Waals surface area contributed by atoms with Crippen LogP contribution in [0.1, 0.15) is 22.9 Å². The van der Waals surface area contributed by atoms with Crippen LogP contribution in [0, 0.1) is 12.8 Å². The first kappa shape index (κ1) is 22.0. The van der Waals surface area contributed by atoms with Crippen LogP contribution in [-0.4, -0.2) is 39.3 Å². The van der Waals surface area contributed by atoms with Gasteiger partial charge in [-0.15, -0.1) is 0 Å². The first-order valence-corrected chi connectivity index (χ1v) is 11.6. The summed E-state index contributed by atoms with van der Waals surface area (Å²) in [5, 5.41) is 2.97. The molecule has 3 aliphatic rings. The molecular formula is C26H25N3O6. The first-order chi connectivity index (χ1) is 17.0. The standard InChI is InChI=1S/C26H25N3O6/c1-16-12-29(24(32)28-21(16)30)23-20-26(34-14-18-10-6-3-7-11-18)19(22(31)27-20)25(26,35-23)15-33-13-17-8-4-2-5-9-17/h2-12,19-20,23H,13-15H2,1H3,(H,27,31)(H,28,30,32)/t19?,20?,23-,25+,26?/m1/s1. The molecule has 3 unspecified atom stereocenters. The quantitative estimate of drug-likeness (QED) is 0.510. The number of fused-ring (bicyclic) bond motifs is 1. The maximum atomic E-state index is 13.0. The number of hydrogen-bond acceptors (Lipinski definition) is 6. The second kappa shape index (κ2) is 8.01. The lowest BCUT2D eigenvalue weighted by atomic mass is 10.1. The molecule has 3 aromatic rings. The summed E-state index contributed by atoms with van der Waals surface area (Å²) in [5.74, 6) is -0.752. The third-order valence-corrected chi connectivity index (χ3v) is 7.28. The zero-order valence-corrected chi connectivity index (χ0v) is 19.1. The topological polar surface area (TPSA) is 112 Å². The number of amides is 1. The highest BCUT2D eigenvalue weighted by Crippen LogP contribution is 2.72. The molecular weight excluding hydrogens is 450 g/mol. The summed E-state index contributed by atoms with van der Waals surface area (Å²) in [4.78, 5) is 40.0. The van der Waals surface area contributed by atoms with Crippen molar-refractivity contribution >= 4 is 5.91 Å². The fourth-order valence-corrected chi connectivity index (χ4v) is 5.61. The van der Waals surface area contributed by atoms with Crippen LogP contribution in [0.5, 0.6) is 0 Å². The van der Waals surface area contributed by atoms with Crippen molar-refractivity contribution in [2.24, 2.45) is 5.92 Å². The highest BCUT2D eigenvalue weighted by atomic mass is 16.6. The monoisotopic (exact) mass is 475 g/mol. The van der Waals surface area contributed by atoms with Crippen molar-refractivity contribution in [3.8, 4) is 0 Å². The molecule has 6 rings (SSSR count). The van der Waals surface area contributed by atoms with Crippen LogP contribution in [0.2, 0.25) is 0 Å². The van der Waals surface area contributed by atoms with E-state index < -0.39 is 40.6 Å². The summed E-state index contributed by atoms with van der Waals surface area (Å²) in [5.41, 5.74) is -0.787. The van der Waals surface area contributed by atoms with Crippen LogP contribution >= 0.6 is 0 Å². The number of hydrogen-bond donors (Lipinski definition) is 2. The average molecular weight is 476 g/mol. The van der Waals surface area contributed by atoms with Crippen LogP contribution in [0.25, 0.3) is 0 Å². The van der Waals surface area contributed by atoms with Crippen molar-refractivity contribution in [2.45, 2.75) is 43.6 Å². The molecule has 2 N–H and O–H groups in total. The number of benzene rings is 2. The van der Waals surface area contributed by atoms with Crippen molar-refractivity contribution in [1.29, 1.82) is 0 Å². The number of aromatic amines is 1. The summed E-state index contributed by atoms with van der Waals surface area (Å²) < 4.78 is 20.3. The second-order valence-electron chi connectivity index (χ2n) is 9.34. The van der Waals surface area contributed by atoms with Crippen molar-refractivity contribution in [3.63, 3.8) is 0 Å². The van der Waals surface area contributed by atoms with Gasteiger partial charge in [0.25, 0.3) is 5.56 Å². The van der Waals surface area contributed by atoms with E-state index in [-0.39, 0.29) is 19.1 Å². The van der Waals surface area contributed by atoms with Crippen LogP contribution in [0.3, 0.4) is 0 Å². The van der Waals surface area contributed by atoms with E-state index in [4.69, 9.17) is 14.2 Å². The van der Waals surface area contributed by atoms with Gasteiger partial charge in [0.15, 0.2) is 6.23 Å². The van der Waals surface area contributed by atoms with Gasteiger partial charge in [0, 0.05) is 11.8 Å². The van der Waals surface area contributed by atoms with Crippen molar-refractivity contribution < 1.29 is 19.0 Å². The predicted molar refractivity (Wildman–Crippen MR) is 124 cm³/mol. The van der Waals surface area contributed by atoms with Crippen molar-refractivity contribution in [1.82, 2.24) is 14.9 Å².